The molecule has 1 heterocycles. The van der Waals surface area contributed by atoms with Gasteiger partial charge >= 0.3 is 0 Å². The van der Waals surface area contributed by atoms with Crippen molar-refractivity contribution >= 4 is 0 Å². The number of likely N-dealkylation sites (N-methyl/N-ethyl adjacent to an activating group) is 1. The van der Waals surface area contributed by atoms with E-state index >= 15 is 0 Å². The van der Waals surface area contributed by atoms with Crippen molar-refractivity contribution in [2.24, 2.45) is 7.05 Å². The molecule has 0 fully saturated rings. The molecule has 2 rings (SSSR count). The van der Waals surface area contributed by atoms with E-state index in [0.29, 0.717) is 6.04 Å². The van der Waals surface area contributed by atoms with E-state index in [-0.39, 0.29) is 5.82 Å². The molecular weight excluding hydrogens is 229 g/mol. The zero-order chi connectivity index (χ0) is 13.1. The van der Waals surface area contributed by atoms with E-state index in [1.54, 1.807) is 12.1 Å². The number of nitrogens with one attached hydrogen (secondary N) is 1. The lowest BCUT2D eigenvalue weighted by atomic mass is 10.0. The lowest BCUT2D eigenvalue weighted by Crippen LogP contribution is -2.23. The van der Waals surface area contributed by atoms with E-state index < -0.39 is 0 Å². The first-order valence-corrected chi connectivity index (χ1v) is 6.06. The summed E-state index contributed by atoms with van der Waals surface area (Å²) in [5, 5.41) is 7.51. The third-order valence-electron chi connectivity index (χ3n) is 3.15. The molecule has 1 N–H and O–H groups in total. The zero-order valence-electron chi connectivity index (χ0n) is 10.9. The number of hydrogen-bond acceptors (Lipinski definition) is 2. The molecule has 4 heteroatoms. The summed E-state index contributed by atoms with van der Waals surface area (Å²) >= 11 is 0. The molecule has 1 aromatic carbocycles. The summed E-state index contributed by atoms with van der Waals surface area (Å²) in [6, 6.07) is 6.93. The normalized spacial score (nSPS) is 12.7. The van der Waals surface area contributed by atoms with Crippen LogP contribution in [0.15, 0.2) is 30.5 Å². The first-order valence-electron chi connectivity index (χ1n) is 6.06. The largest absolute Gasteiger partial charge is 0.317 e. The van der Waals surface area contributed by atoms with Gasteiger partial charge in [-0.05, 0) is 50.2 Å². The Morgan fingerprint density at radius 2 is 2.00 bits per heavy atom. The predicted molar refractivity (Wildman–Crippen MR) is 70.8 cm³/mol. The van der Waals surface area contributed by atoms with Crippen molar-refractivity contribution in [3.05, 3.63) is 41.8 Å². The molecule has 3 nitrogen and oxygen atoms in total. The van der Waals surface area contributed by atoms with Crippen molar-refractivity contribution in [1.82, 2.24) is 15.1 Å². The van der Waals surface area contributed by atoms with Crippen LogP contribution in [0.25, 0.3) is 11.3 Å². The molecule has 2 aromatic rings. The van der Waals surface area contributed by atoms with Gasteiger partial charge < -0.3 is 5.32 Å². The molecule has 1 aromatic heterocycles. The molecule has 0 saturated heterocycles. The topological polar surface area (TPSA) is 29.9 Å². The van der Waals surface area contributed by atoms with E-state index in [1.165, 1.54) is 17.7 Å². The van der Waals surface area contributed by atoms with Crippen LogP contribution in [-0.2, 0) is 13.5 Å². The van der Waals surface area contributed by atoms with Crippen LogP contribution in [0.4, 0.5) is 4.39 Å². The highest BCUT2D eigenvalue weighted by Gasteiger charge is 2.13. The Hall–Kier alpha value is -1.68. The van der Waals surface area contributed by atoms with E-state index in [4.69, 9.17) is 0 Å². The van der Waals surface area contributed by atoms with Gasteiger partial charge in [-0.1, -0.05) is 0 Å². The van der Waals surface area contributed by atoms with Gasteiger partial charge in [-0.15, -0.1) is 0 Å². The summed E-state index contributed by atoms with van der Waals surface area (Å²) in [6.45, 7) is 2.13. The molecule has 18 heavy (non-hydrogen) atoms. The number of halogens is 1. The van der Waals surface area contributed by atoms with Gasteiger partial charge in [-0.3, -0.25) is 4.68 Å². The molecule has 0 aliphatic heterocycles. The van der Waals surface area contributed by atoms with Crippen LogP contribution in [-0.4, -0.2) is 22.9 Å². The molecule has 0 bridgehead atoms. The smallest absolute Gasteiger partial charge is 0.123 e. The SMILES string of the molecule is CNC(C)Cc1cnn(C)c1-c1ccc(F)cc1. The summed E-state index contributed by atoms with van der Waals surface area (Å²) in [5.74, 6) is -0.217. The second-order valence-corrected chi connectivity index (χ2v) is 4.54. The number of benzene rings is 1. The molecule has 0 amide bonds. The fourth-order valence-corrected chi connectivity index (χ4v) is 2.04. The third kappa shape index (κ3) is 2.59. The highest BCUT2D eigenvalue weighted by atomic mass is 19.1. The van der Waals surface area contributed by atoms with E-state index in [0.717, 1.165) is 17.7 Å². The average molecular weight is 247 g/mol. The van der Waals surface area contributed by atoms with Crippen LogP contribution in [0, 0.1) is 5.82 Å². The molecule has 0 aliphatic carbocycles. The first kappa shape index (κ1) is 12.8. The summed E-state index contributed by atoms with van der Waals surface area (Å²) < 4.78 is 14.8. The van der Waals surface area contributed by atoms with Gasteiger partial charge in [0, 0.05) is 18.7 Å². The molecular formula is C14H18FN3. The van der Waals surface area contributed by atoms with Crippen LogP contribution in [0.1, 0.15) is 12.5 Å². The van der Waals surface area contributed by atoms with Crippen molar-refractivity contribution in [1.29, 1.82) is 0 Å². The van der Waals surface area contributed by atoms with Gasteiger partial charge in [0.05, 0.1) is 11.9 Å². The third-order valence-corrected chi connectivity index (χ3v) is 3.15. The molecule has 0 radical (unpaired) electrons. The molecule has 1 unspecified atom stereocenters. The number of rotatable bonds is 4. The van der Waals surface area contributed by atoms with Crippen LogP contribution in [0.5, 0.6) is 0 Å². The van der Waals surface area contributed by atoms with Crippen LogP contribution in [0.2, 0.25) is 0 Å². The monoisotopic (exact) mass is 247 g/mol. The van der Waals surface area contributed by atoms with Crippen molar-refractivity contribution in [3.8, 4) is 11.3 Å². The van der Waals surface area contributed by atoms with Crippen molar-refractivity contribution in [3.63, 3.8) is 0 Å². The Labute approximate surface area is 107 Å². The molecule has 0 spiro atoms. The van der Waals surface area contributed by atoms with Crippen LogP contribution in [0.3, 0.4) is 0 Å². The van der Waals surface area contributed by atoms with Crippen molar-refractivity contribution in [2.75, 3.05) is 7.05 Å². The summed E-state index contributed by atoms with van der Waals surface area (Å²) in [5.41, 5.74) is 3.22. The maximum absolute atomic E-state index is 13.0. The summed E-state index contributed by atoms with van der Waals surface area (Å²) in [7, 11) is 3.85. The Bertz CT molecular complexity index is 516. The number of aromatic nitrogens is 2. The second kappa shape index (κ2) is 5.31. The van der Waals surface area contributed by atoms with Gasteiger partial charge in [0.1, 0.15) is 5.82 Å². The van der Waals surface area contributed by atoms with Gasteiger partial charge in [-0.2, -0.15) is 5.10 Å². The van der Waals surface area contributed by atoms with Crippen LogP contribution >= 0.6 is 0 Å². The molecule has 0 aliphatic rings. The minimum absolute atomic E-state index is 0.217. The number of aryl methyl sites for hydroxylation is 1. The van der Waals surface area contributed by atoms with Gasteiger partial charge in [0.25, 0.3) is 0 Å². The van der Waals surface area contributed by atoms with E-state index in [9.17, 15) is 4.39 Å². The summed E-state index contributed by atoms with van der Waals surface area (Å²) in [6.07, 6.45) is 2.78. The van der Waals surface area contributed by atoms with Crippen molar-refractivity contribution in [2.45, 2.75) is 19.4 Å². The average Bonchev–Trinajstić information content (AvgIpc) is 2.72. The zero-order valence-corrected chi connectivity index (χ0v) is 10.9. The quantitative estimate of drug-likeness (QED) is 0.899. The highest BCUT2D eigenvalue weighted by molar-refractivity contribution is 5.63. The standard InChI is InChI=1S/C14H18FN3/c1-10(16-2)8-12-9-17-18(3)14(12)11-4-6-13(15)7-5-11/h4-7,9-10,16H,8H2,1-3H3. The van der Waals surface area contributed by atoms with Gasteiger partial charge in [0.15, 0.2) is 0 Å². The van der Waals surface area contributed by atoms with Gasteiger partial charge in [0.2, 0.25) is 0 Å². The Balaban J connectivity index is 2.37. The first-order chi connectivity index (χ1) is 8.61. The predicted octanol–water partition coefficient (Wildman–Crippen LogP) is 2.38. The second-order valence-electron chi connectivity index (χ2n) is 4.54. The lowest BCUT2D eigenvalue weighted by molar-refractivity contribution is 0.609. The maximum atomic E-state index is 13.0. The van der Waals surface area contributed by atoms with E-state index in [1.807, 2.05) is 25.0 Å². The minimum Gasteiger partial charge on any atom is -0.317 e. The Morgan fingerprint density at radius 1 is 1.33 bits per heavy atom. The number of nitrogens with zero attached hydrogens (tertiary/aromatic N) is 2. The fourth-order valence-electron chi connectivity index (χ4n) is 2.04. The molecule has 0 saturated carbocycles. The summed E-state index contributed by atoms with van der Waals surface area (Å²) in [4.78, 5) is 0. The molecule has 1 atom stereocenters. The Morgan fingerprint density at radius 3 is 2.61 bits per heavy atom. The van der Waals surface area contributed by atoms with Crippen LogP contribution < -0.4 is 5.32 Å². The fraction of sp³-hybridized carbons (Fsp3) is 0.357. The lowest BCUT2D eigenvalue weighted by Gasteiger charge is -2.11. The highest BCUT2D eigenvalue weighted by Crippen LogP contribution is 2.24. The van der Waals surface area contributed by atoms with Crippen molar-refractivity contribution < 1.29 is 4.39 Å². The van der Waals surface area contributed by atoms with E-state index in [2.05, 4.69) is 17.3 Å². The Kier molecular flexibility index (Phi) is 3.77. The van der Waals surface area contributed by atoms with Gasteiger partial charge in [-0.25, -0.2) is 4.39 Å². The number of hydrogen-bond donors (Lipinski definition) is 1. The molecule has 96 valence electrons. The minimum atomic E-state index is -0.217. The maximum Gasteiger partial charge on any atom is 0.123 e.